The lowest BCUT2D eigenvalue weighted by Crippen LogP contribution is -2.02. The van der Waals surface area contributed by atoms with Gasteiger partial charge in [0, 0.05) is 5.69 Å². The van der Waals surface area contributed by atoms with Crippen molar-refractivity contribution in [1.29, 1.82) is 5.26 Å². The van der Waals surface area contributed by atoms with Crippen LogP contribution in [0.3, 0.4) is 0 Å². The van der Waals surface area contributed by atoms with Gasteiger partial charge in [0.05, 0.1) is 24.7 Å². The monoisotopic (exact) mass is 177 g/mol. The van der Waals surface area contributed by atoms with Crippen molar-refractivity contribution < 1.29 is 0 Å². The Hall–Kier alpha value is -1.30. The minimum atomic E-state index is 0.460. The van der Waals surface area contributed by atoms with Crippen molar-refractivity contribution in [3.8, 4) is 6.07 Å². The summed E-state index contributed by atoms with van der Waals surface area (Å²) in [7, 11) is 0. The van der Waals surface area contributed by atoms with Gasteiger partial charge in [0.2, 0.25) is 0 Å². The Balaban J connectivity index is 2.79. The van der Waals surface area contributed by atoms with E-state index in [1.54, 1.807) is 0 Å². The molecule has 0 fully saturated rings. The molecule has 1 heterocycles. The molecule has 1 aromatic heterocycles. The molecule has 70 valence electrons. The predicted molar refractivity (Wildman–Crippen MR) is 51.3 cm³/mol. The zero-order valence-corrected chi connectivity index (χ0v) is 8.41. The lowest BCUT2D eigenvalue weighted by molar-refractivity contribution is 0.595. The van der Waals surface area contributed by atoms with Crippen molar-refractivity contribution in [3.63, 3.8) is 0 Å². The molecule has 0 bridgehead atoms. The largest absolute Gasteiger partial charge is 0.269 e. The summed E-state index contributed by atoms with van der Waals surface area (Å²) in [6.07, 6.45) is 0.528. The molecule has 0 aromatic carbocycles. The SMILES string of the molecule is Cc1cc(C(C)C)nn1CCC#N. The maximum atomic E-state index is 8.44. The molecule has 1 rings (SSSR count). The van der Waals surface area contributed by atoms with E-state index in [1.165, 1.54) is 0 Å². The number of nitrogens with zero attached hydrogens (tertiary/aromatic N) is 3. The molecule has 0 aliphatic rings. The Morgan fingerprint density at radius 3 is 2.77 bits per heavy atom. The average molecular weight is 177 g/mol. The second-order valence-corrected chi connectivity index (χ2v) is 3.50. The maximum Gasteiger partial charge on any atom is 0.0652 e. The van der Waals surface area contributed by atoms with Gasteiger partial charge in [-0.1, -0.05) is 13.8 Å². The quantitative estimate of drug-likeness (QED) is 0.710. The van der Waals surface area contributed by atoms with E-state index in [4.69, 9.17) is 5.26 Å². The van der Waals surface area contributed by atoms with Crippen molar-refractivity contribution in [2.75, 3.05) is 0 Å². The highest BCUT2D eigenvalue weighted by molar-refractivity contribution is 5.11. The number of rotatable bonds is 3. The van der Waals surface area contributed by atoms with Crippen LogP contribution < -0.4 is 0 Å². The van der Waals surface area contributed by atoms with Gasteiger partial charge in [0.15, 0.2) is 0 Å². The summed E-state index contributed by atoms with van der Waals surface area (Å²) in [4.78, 5) is 0. The third kappa shape index (κ3) is 2.32. The summed E-state index contributed by atoms with van der Waals surface area (Å²) in [6, 6.07) is 4.21. The smallest absolute Gasteiger partial charge is 0.0652 e. The Morgan fingerprint density at radius 1 is 1.62 bits per heavy atom. The van der Waals surface area contributed by atoms with Crippen molar-refractivity contribution in [3.05, 3.63) is 17.5 Å². The van der Waals surface area contributed by atoms with Gasteiger partial charge in [0.1, 0.15) is 0 Å². The molecule has 3 nitrogen and oxygen atoms in total. The van der Waals surface area contributed by atoms with Crippen LogP contribution in [0.5, 0.6) is 0 Å². The Labute approximate surface area is 79.0 Å². The van der Waals surface area contributed by atoms with Gasteiger partial charge in [-0.15, -0.1) is 0 Å². The van der Waals surface area contributed by atoms with Crippen LogP contribution in [-0.2, 0) is 6.54 Å². The minimum absolute atomic E-state index is 0.460. The van der Waals surface area contributed by atoms with Crippen LogP contribution in [-0.4, -0.2) is 9.78 Å². The standard InChI is InChI=1S/C10H15N3/c1-8(2)10-7-9(3)13(12-10)6-4-5-11/h7-8H,4,6H2,1-3H3. The molecule has 0 saturated carbocycles. The molecule has 0 aliphatic carbocycles. The first-order valence-corrected chi connectivity index (χ1v) is 4.56. The Morgan fingerprint density at radius 2 is 2.31 bits per heavy atom. The van der Waals surface area contributed by atoms with Crippen LogP contribution in [0.1, 0.15) is 37.6 Å². The van der Waals surface area contributed by atoms with Crippen LogP contribution in [0.4, 0.5) is 0 Å². The number of nitriles is 1. The topological polar surface area (TPSA) is 41.6 Å². The molecule has 0 saturated heterocycles. The minimum Gasteiger partial charge on any atom is -0.269 e. The highest BCUT2D eigenvalue weighted by atomic mass is 15.3. The summed E-state index contributed by atoms with van der Waals surface area (Å²) in [6.45, 7) is 6.97. The molecule has 0 unspecified atom stereocenters. The summed E-state index contributed by atoms with van der Waals surface area (Å²) >= 11 is 0. The third-order valence-corrected chi connectivity index (χ3v) is 2.03. The Kier molecular flexibility index (Phi) is 3.07. The van der Waals surface area contributed by atoms with Crippen LogP contribution in [0.2, 0.25) is 0 Å². The molecule has 13 heavy (non-hydrogen) atoms. The predicted octanol–water partition coefficient (Wildman–Crippen LogP) is 2.23. The molecule has 3 heteroatoms. The van der Waals surface area contributed by atoms with Crippen LogP contribution in [0.25, 0.3) is 0 Å². The van der Waals surface area contributed by atoms with Gasteiger partial charge < -0.3 is 0 Å². The fourth-order valence-corrected chi connectivity index (χ4v) is 1.20. The summed E-state index contributed by atoms with van der Waals surface area (Å²) in [5.41, 5.74) is 2.24. The average Bonchev–Trinajstić information content (AvgIpc) is 2.44. The van der Waals surface area contributed by atoms with Crippen molar-refractivity contribution in [1.82, 2.24) is 9.78 Å². The molecule has 0 radical (unpaired) electrons. The van der Waals surface area contributed by atoms with Gasteiger partial charge in [-0.3, -0.25) is 4.68 Å². The fraction of sp³-hybridized carbons (Fsp3) is 0.600. The van der Waals surface area contributed by atoms with Gasteiger partial charge in [-0.05, 0) is 18.9 Å². The fourth-order valence-electron chi connectivity index (χ4n) is 1.20. The van der Waals surface area contributed by atoms with Crippen molar-refractivity contribution in [2.24, 2.45) is 0 Å². The zero-order valence-electron chi connectivity index (χ0n) is 8.41. The van der Waals surface area contributed by atoms with E-state index in [0.29, 0.717) is 18.9 Å². The van der Waals surface area contributed by atoms with Gasteiger partial charge in [0.25, 0.3) is 0 Å². The van der Waals surface area contributed by atoms with E-state index in [-0.39, 0.29) is 0 Å². The van der Waals surface area contributed by atoms with Crippen molar-refractivity contribution in [2.45, 2.75) is 39.7 Å². The van der Waals surface area contributed by atoms with Gasteiger partial charge in [-0.2, -0.15) is 10.4 Å². The highest BCUT2D eigenvalue weighted by Crippen LogP contribution is 2.13. The summed E-state index contributed by atoms with van der Waals surface area (Å²) in [5.74, 6) is 0.460. The first kappa shape index (κ1) is 9.79. The summed E-state index contributed by atoms with van der Waals surface area (Å²) < 4.78 is 1.90. The van der Waals surface area contributed by atoms with E-state index >= 15 is 0 Å². The normalized spacial score (nSPS) is 10.4. The maximum absolute atomic E-state index is 8.44. The van der Waals surface area contributed by atoms with E-state index in [9.17, 15) is 0 Å². The molecule has 0 atom stereocenters. The number of hydrogen-bond donors (Lipinski definition) is 0. The molecule has 0 amide bonds. The lowest BCUT2D eigenvalue weighted by atomic mass is 10.1. The third-order valence-electron chi connectivity index (χ3n) is 2.03. The second-order valence-electron chi connectivity index (χ2n) is 3.50. The molecular formula is C10H15N3. The lowest BCUT2D eigenvalue weighted by Gasteiger charge is -2.00. The van der Waals surface area contributed by atoms with Gasteiger partial charge >= 0.3 is 0 Å². The van der Waals surface area contributed by atoms with E-state index in [1.807, 2.05) is 11.6 Å². The second kappa shape index (κ2) is 4.08. The zero-order chi connectivity index (χ0) is 9.84. The highest BCUT2D eigenvalue weighted by Gasteiger charge is 2.06. The first-order valence-electron chi connectivity index (χ1n) is 4.56. The van der Waals surface area contributed by atoms with Crippen LogP contribution in [0.15, 0.2) is 6.07 Å². The van der Waals surface area contributed by atoms with Crippen LogP contribution in [0, 0.1) is 18.3 Å². The Bertz CT molecular complexity index is 317. The molecule has 0 aliphatic heterocycles. The number of aromatic nitrogens is 2. The van der Waals surface area contributed by atoms with E-state index in [0.717, 1.165) is 11.4 Å². The number of aryl methyl sites for hydroxylation is 2. The summed E-state index contributed by atoms with van der Waals surface area (Å²) in [5, 5.41) is 12.9. The molecule has 1 aromatic rings. The van der Waals surface area contributed by atoms with Gasteiger partial charge in [-0.25, -0.2) is 0 Å². The molecule has 0 spiro atoms. The molecule has 0 N–H and O–H groups in total. The van der Waals surface area contributed by atoms with E-state index in [2.05, 4.69) is 31.1 Å². The first-order chi connectivity index (χ1) is 6.15. The number of hydrogen-bond acceptors (Lipinski definition) is 2. The van der Waals surface area contributed by atoms with E-state index < -0.39 is 0 Å². The molecular weight excluding hydrogens is 162 g/mol. The van der Waals surface area contributed by atoms with Crippen LogP contribution >= 0.6 is 0 Å². The van der Waals surface area contributed by atoms with Crippen molar-refractivity contribution >= 4 is 0 Å².